The first-order valence-corrected chi connectivity index (χ1v) is 14.5. The molecule has 0 bridgehead atoms. The molecule has 2 heteroatoms. The lowest BCUT2D eigenvalue weighted by molar-refractivity contribution is 0.769. The fraction of sp³-hybridized carbons (Fsp3) is 0.0244. The van der Waals surface area contributed by atoms with Crippen LogP contribution >= 0.6 is 0 Å². The van der Waals surface area contributed by atoms with Crippen molar-refractivity contribution in [2.45, 2.75) is 5.41 Å². The summed E-state index contributed by atoms with van der Waals surface area (Å²) < 4.78 is 0. The molecule has 0 atom stereocenters. The van der Waals surface area contributed by atoms with E-state index in [0.29, 0.717) is 5.69 Å². The molecule has 0 N–H and O–H groups in total. The number of fused-ring (bicyclic) bond motifs is 5. The summed E-state index contributed by atoms with van der Waals surface area (Å²) in [6, 6.07) is 56.7. The molecule has 0 radical (unpaired) electrons. The van der Waals surface area contributed by atoms with Crippen molar-refractivity contribution in [3.8, 4) is 39.4 Å². The van der Waals surface area contributed by atoms with Crippen LogP contribution in [0.25, 0.3) is 44.2 Å². The van der Waals surface area contributed by atoms with Gasteiger partial charge in [0.2, 0.25) is 0 Å². The minimum Gasteiger partial charge on any atom is -0.246 e. The quantitative estimate of drug-likeness (QED) is 0.220. The van der Waals surface area contributed by atoms with Gasteiger partial charge in [0, 0.05) is 6.20 Å². The molecule has 7 aromatic rings. The number of hydrogen-bond acceptors (Lipinski definition) is 2. The van der Waals surface area contributed by atoms with E-state index in [1.165, 1.54) is 44.2 Å². The van der Waals surface area contributed by atoms with Crippen molar-refractivity contribution in [3.63, 3.8) is 0 Å². The predicted molar refractivity (Wildman–Crippen MR) is 175 cm³/mol. The molecule has 1 heterocycles. The first-order chi connectivity index (χ1) is 21.3. The molecular weight excluding hydrogens is 520 g/mol. The fourth-order valence-electron chi connectivity index (χ4n) is 6.99. The van der Waals surface area contributed by atoms with Gasteiger partial charge in [0.1, 0.15) is 11.8 Å². The highest BCUT2D eigenvalue weighted by Gasteiger charge is 2.46. The first kappa shape index (κ1) is 25.0. The largest absolute Gasteiger partial charge is 0.246 e. The van der Waals surface area contributed by atoms with Crippen LogP contribution in [0.2, 0.25) is 0 Å². The molecule has 6 aromatic carbocycles. The summed E-state index contributed by atoms with van der Waals surface area (Å²) in [7, 11) is 0. The van der Waals surface area contributed by atoms with Crippen molar-refractivity contribution in [3.05, 3.63) is 186 Å². The van der Waals surface area contributed by atoms with Crippen molar-refractivity contribution >= 4 is 10.8 Å². The molecule has 1 aliphatic carbocycles. The topological polar surface area (TPSA) is 36.7 Å². The lowest BCUT2D eigenvalue weighted by atomic mass is 9.67. The summed E-state index contributed by atoms with van der Waals surface area (Å²) in [6.07, 6.45) is 1.70. The maximum absolute atomic E-state index is 9.40. The lowest BCUT2D eigenvalue weighted by Gasteiger charge is -2.34. The minimum atomic E-state index is -0.475. The van der Waals surface area contributed by atoms with E-state index in [0.717, 1.165) is 22.3 Å². The number of nitrogens with zero attached hydrogens (tertiary/aromatic N) is 2. The molecule has 0 unspecified atom stereocenters. The van der Waals surface area contributed by atoms with Crippen LogP contribution in [0, 0.1) is 11.3 Å². The molecule has 0 amide bonds. The van der Waals surface area contributed by atoms with Crippen LogP contribution in [0.4, 0.5) is 0 Å². The summed E-state index contributed by atoms with van der Waals surface area (Å²) >= 11 is 0. The van der Waals surface area contributed by atoms with E-state index in [2.05, 4.69) is 151 Å². The third-order valence-electron chi connectivity index (χ3n) is 8.84. The maximum Gasteiger partial charge on any atom is 0.141 e. The Morgan fingerprint density at radius 3 is 1.88 bits per heavy atom. The molecule has 0 spiro atoms. The molecule has 8 rings (SSSR count). The Labute approximate surface area is 251 Å². The number of pyridine rings is 1. The summed E-state index contributed by atoms with van der Waals surface area (Å²) in [6.45, 7) is 0. The minimum absolute atomic E-state index is 0.418. The normalized spacial score (nSPS) is 12.8. The third-order valence-corrected chi connectivity index (χ3v) is 8.84. The SMILES string of the molecule is N#Cc1cc(-c2cccc(-c3ccc4c(c3)C(c3ccccc3)(c3ccccc3)c3ccc5ccccc5c3-4)c2)ccn1. The van der Waals surface area contributed by atoms with E-state index in [-0.39, 0.29) is 0 Å². The Bertz CT molecular complexity index is 2150. The van der Waals surface area contributed by atoms with E-state index in [4.69, 9.17) is 0 Å². The monoisotopic (exact) mass is 546 g/mol. The summed E-state index contributed by atoms with van der Waals surface area (Å²) in [5.41, 5.74) is 12.0. The van der Waals surface area contributed by atoms with E-state index < -0.39 is 5.41 Å². The van der Waals surface area contributed by atoms with Crippen LogP contribution in [-0.4, -0.2) is 4.98 Å². The van der Waals surface area contributed by atoms with Crippen LogP contribution in [0.3, 0.4) is 0 Å². The average Bonchev–Trinajstić information content (AvgIpc) is 3.40. The third kappa shape index (κ3) is 3.83. The van der Waals surface area contributed by atoms with Crippen molar-refractivity contribution in [1.29, 1.82) is 5.26 Å². The molecule has 43 heavy (non-hydrogen) atoms. The van der Waals surface area contributed by atoms with Gasteiger partial charge in [-0.05, 0) is 90.7 Å². The Kier molecular flexibility index (Phi) is 5.77. The standard InChI is InChI=1S/C41H26N2/c42-27-35-25-32(22-23-43-35)30-12-9-11-29(24-30)31-18-20-37-39(26-31)41(33-13-3-1-4-14-33,34-15-5-2-6-16-34)38-21-19-28-10-7-8-17-36(28)40(37)38/h1-26H. The molecule has 0 saturated carbocycles. The highest BCUT2D eigenvalue weighted by Crippen LogP contribution is 2.58. The van der Waals surface area contributed by atoms with Gasteiger partial charge in [0.15, 0.2) is 0 Å². The Morgan fingerprint density at radius 2 is 1.16 bits per heavy atom. The van der Waals surface area contributed by atoms with Gasteiger partial charge in [-0.25, -0.2) is 4.98 Å². The van der Waals surface area contributed by atoms with Crippen LogP contribution < -0.4 is 0 Å². The van der Waals surface area contributed by atoms with Gasteiger partial charge >= 0.3 is 0 Å². The van der Waals surface area contributed by atoms with Gasteiger partial charge in [0.25, 0.3) is 0 Å². The summed E-state index contributed by atoms with van der Waals surface area (Å²) in [5, 5.41) is 11.9. The van der Waals surface area contributed by atoms with Crippen molar-refractivity contribution < 1.29 is 0 Å². The number of aromatic nitrogens is 1. The second-order valence-corrected chi connectivity index (χ2v) is 11.1. The van der Waals surface area contributed by atoms with Crippen LogP contribution in [0.5, 0.6) is 0 Å². The molecule has 1 aromatic heterocycles. The fourth-order valence-corrected chi connectivity index (χ4v) is 6.99. The van der Waals surface area contributed by atoms with Gasteiger partial charge in [0.05, 0.1) is 5.41 Å². The predicted octanol–water partition coefficient (Wildman–Crippen LogP) is 9.80. The molecule has 200 valence electrons. The zero-order valence-electron chi connectivity index (χ0n) is 23.4. The van der Waals surface area contributed by atoms with Crippen LogP contribution in [0.15, 0.2) is 158 Å². The van der Waals surface area contributed by atoms with Gasteiger partial charge in [-0.2, -0.15) is 5.26 Å². The molecule has 1 aliphatic rings. The van der Waals surface area contributed by atoms with Crippen LogP contribution in [-0.2, 0) is 5.41 Å². The first-order valence-electron chi connectivity index (χ1n) is 14.5. The number of benzene rings is 6. The average molecular weight is 547 g/mol. The molecule has 0 aliphatic heterocycles. The number of nitriles is 1. The van der Waals surface area contributed by atoms with Gasteiger partial charge in [-0.15, -0.1) is 0 Å². The maximum atomic E-state index is 9.40. The Hall–Kier alpha value is -5.78. The second-order valence-electron chi connectivity index (χ2n) is 11.1. The van der Waals surface area contributed by atoms with E-state index in [1.54, 1.807) is 6.20 Å². The molecular formula is C41H26N2. The Morgan fingerprint density at radius 1 is 0.512 bits per heavy atom. The van der Waals surface area contributed by atoms with Crippen molar-refractivity contribution in [2.24, 2.45) is 0 Å². The van der Waals surface area contributed by atoms with Crippen LogP contribution in [0.1, 0.15) is 27.9 Å². The number of hydrogen-bond donors (Lipinski definition) is 0. The van der Waals surface area contributed by atoms with Crippen molar-refractivity contribution in [2.75, 3.05) is 0 Å². The highest BCUT2D eigenvalue weighted by atomic mass is 14.7. The molecule has 0 fully saturated rings. The summed E-state index contributed by atoms with van der Waals surface area (Å²) in [4.78, 5) is 4.16. The summed E-state index contributed by atoms with van der Waals surface area (Å²) in [5.74, 6) is 0. The molecule has 0 saturated heterocycles. The van der Waals surface area contributed by atoms with E-state index in [9.17, 15) is 5.26 Å². The number of rotatable bonds is 4. The van der Waals surface area contributed by atoms with Gasteiger partial charge in [-0.1, -0.05) is 127 Å². The zero-order valence-corrected chi connectivity index (χ0v) is 23.4. The van der Waals surface area contributed by atoms with E-state index >= 15 is 0 Å². The molecule has 2 nitrogen and oxygen atoms in total. The van der Waals surface area contributed by atoms with E-state index in [1.807, 2.05) is 12.1 Å². The smallest absolute Gasteiger partial charge is 0.141 e. The van der Waals surface area contributed by atoms with Gasteiger partial charge < -0.3 is 0 Å². The lowest BCUT2D eigenvalue weighted by Crippen LogP contribution is -2.28. The van der Waals surface area contributed by atoms with Gasteiger partial charge in [-0.3, -0.25) is 0 Å². The van der Waals surface area contributed by atoms with Crippen molar-refractivity contribution in [1.82, 2.24) is 4.98 Å². The zero-order chi connectivity index (χ0) is 28.8. The Balaban J connectivity index is 1.42. The highest BCUT2D eigenvalue weighted by molar-refractivity contribution is 6.04. The second kappa shape index (κ2) is 9.94.